The molecule has 7 heteroatoms. The Kier molecular flexibility index (Phi) is 5.97. The highest BCUT2D eigenvalue weighted by atomic mass is 16.2. The van der Waals surface area contributed by atoms with Crippen LogP contribution in [-0.4, -0.2) is 41.5 Å². The topological polar surface area (TPSA) is 89.3 Å². The van der Waals surface area contributed by atoms with Crippen LogP contribution in [0.25, 0.3) is 0 Å². The maximum atomic E-state index is 11.3. The molecule has 2 heterocycles. The van der Waals surface area contributed by atoms with Gasteiger partial charge in [-0.1, -0.05) is 6.42 Å². The zero-order valence-electron chi connectivity index (χ0n) is 13.2. The molecule has 4 N–H and O–H groups in total. The average molecular weight is 307 g/mol. The van der Waals surface area contributed by atoms with Crippen molar-refractivity contribution in [2.24, 2.45) is 0 Å². The lowest BCUT2D eigenvalue weighted by Gasteiger charge is -2.14. The van der Waals surface area contributed by atoms with Crippen molar-refractivity contribution in [1.82, 2.24) is 26.1 Å². The molecule has 1 fully saturated rings. The van der Waals surface area contributed by atoms with Gasteiger partial charge in [0.05, 0.1) is 6.04 Å². The second-order valence-electron chi connectivity index (χ2n) is 5.73. The van der Waals surface area contributed by atoms with E-state index in [1.54, 1.807) is 4.90 Å². The van der Waals surface area contributed by atoms with Gasteiger partial charge in [0.15, 0.2) is 0 Å². The first-order valence-corrected chi connectivity index (χ1v) is 7.79. The van der Waals surface area contributed by atoms with Crippen LogP contribution in [0.2, 0.25) is 0 Å². The molecule has 7 nitrogen and oxygen atoms in total. The lowest BCUT2D eigenvalue weighted by Crippen LogP contribution is -2.35. The highest BCUT2D eigenvalue weighted by molar-refractivity contribution is 6.01. The van der Waals surface area contributed by atoms with E-state index in [0.29, 0.717) is 6.54 Å². The SMILES string of the molecule is Cc1ccc(C(C)NNCCCCCN2CC(=O)NC2=O)[nH]1. The number of aryl methyl sites for hydroxylation is 1. The van der Waals surface area contributed by atoms with E-state index in [-0.39, 0.29) is 24.5 Å². The van der Waals surface area contributed by atoms with Gasteiger partial charge in [0, 0.05) is 24.5 Å². The summed E-state index contributed by atoms with van der Waals surface area (Å²) in [6.07, 6.45) is 2.95. The molecule has 1 saturated heterocycles. The predicted octanol–water partition coefficient (Wildman–Crippen LogP) is 1.20. The largest absolute Gasteiger partial charge is 0.361 e. The number of rotatable bonds is 9. The van der Waals surface area contributed by atoms with Gasteiger partial charge in [0.2, 0.25) is 5.91 Å². The summed E-state index contributed by atoms with van der Waals surface area (Å²) in [5.41, 5.74) is 8.80. The molecule has 22 heavy (non-hydrogen) atoms. The van der Waals surface area contributed by atoms with E-state index in [1.807, 2.05) is 6.92 Å². The summed E-state index contributed by atoms with van der Waals surface area (Å²) in [6, 6.07) is 4.11. The Morgan fingerprint density at radius 2 is 2.09 bits per heavy atom. The Morgan fingerprint density at radius 1 is 1.27 bits per heavy atom. The van der Waals surface area contributed by atoms with Crippen molar-refractivity contribution in [1.29, 1.82) is 0 Å². The molecule has 1 unspecified atom stereocenters. The molecule has 0 spiro atoms. The van der Waals surface area contributed by atoms with Crippen molar-refractivity contribution >= 4 is 11.9 Å². The van der Waals surface area contributed by atoms with Crippen LogP contribution in [0.4, 0.5) is 4.79 Å². The predicted molar refractivity (Wildman–Crippen MR) is 84.0 cm³/mol. The summed E-state index contributed by atoms with van der Waals surface area (Å²) < 4.78 is 0. The summed E-state index contributed by atoms with van der Waals surface area (Å²) in [7, 11) is 0. The Balaban J connectivity index is 1.49. The fraction of sp³-hybridized carbons (Fsp3) is 0.600. The Hall–Kier alpha value is -1.86. The van der Waals surface area contributed by atoms with Crippen LogP contribution in [-0.2, 0) is 4.79 Å². The first kappa shape index (κ1) is 16.5. The number of urea groups is 1. The second-order valence-corrected chi connectivity index (χ2v) is 5.73. The lowest BCUT2D eigenvalue weighted by molar-refractivity contribution is -0.118. The van der Waals surface area contributed by atoms with Crippen LogP contribution in [0.1, 0.15) is 43.6 Å². The number of imide groups is 1. The van der Waals surface area contributed by atoms with Crippen molar-refractivity contribution < 1.29 is 9.59 Å². The quantitative estimate of drug-likeness (QED) is 0.313. The fourth-order valence-corrected chi connectivity index (χ4v) is 2.44. The fourth-order valence-electron chi connectivity index (χ4n) is 2.44. The smallest absolute Gasteiger partial charge is 0.324 e. The van der Waals surface area contributed by atoms with Crippen molar-refractivity contribution in [2.75, 3.05) is 19.6 Å². The van der Waals surface area contributed by atoms with Gasteiger partial charge in [-0.05, 0) is 38.8 Å². The maximum absolute atomic E-state index is 11.3. The van der Waals surface area contributed by atoms with Gasteiger partial charge in [-0.15, -0.1) is 0 Å². The summed E-state index contributed by atoms with van der Waals surface area (Å²) >= 11 is 0. The van der Waals surface area contributed by atoms with Crippen LogP contribution in [0.3, 0.4) is 0 Å². The minimum Gasteiger partial charge on any atom is -0.361 e. The number of amides is 3. The molecule has 1 atom stereocenters. The van der Waals surface area contributed by atoms with E-state index in [4.69, 9.17) is 0 Å². The van der Waals surface area contributed by atoms with Crippen molar-refractivity contribution in [2.45, 2.75) is 39.2 Å². The number of nitrogens with zero attached hydrogens (tertiary/aromatic N) is 1. The van der Waals surface area contributed by atoms with Crippen molar-refractivity contribution in [3.8, 4) is 0 Å². The molecule has 0 aliphatic carbocycles. The molecule has 122 valence electrons. The normalized spacial score (nSPS) is 16.2. The summed E-state index contributed by atoms with van der Waals surface area (Å²) in [5.74, 6) is -0.204. The van der Waals surface area contributed by atoms with Gasteiger partial charge >= 0.3 is 6.03 Å². The number of carbonyl (C=O) groups is 2. The average Bonchev–Trinajstić information content (AvgIpc) is 3.03. The van der Waals surface area contributed by atoms with Crippen molar-refractivity contribution in [3.05, 3.63) is 23.5 Å². The van der Waals surface area contributed by atoms with Gasteiger partial charge < -0.3 is 9.88 Å². The van der Waals surface area contributed by atoms with Gasteiger partial charge in [0.25, 0.3) is 0 Å². The van der Waals surface area contributed by atoms with Gasteiger partial charge in [-0.2, -0.15) is 0 Å². The molecule has 1 aliphatic rings. The molecule has 2 rings (SSSR count). The number of unbranched alkanes of at least 4 members (excludes halogenated alkanes) is 2. The van der Waals surface area contributed by atoms with Crippen LogP contribution in [0.15, 0.2) is 12.1 Å². The molecule has 1 aliphatic heterocycles. The van der Waals surface area contributed by atoms with E-state index >= 15 is 0 Å². The highest BCUT2D eigenvalue weighted by Gasteiger charge is 2.25. The number of hydrogen-bond acceptors (Lipinski definition) is 4. The first-order chi connectivity index (χ1) is 10.6. The van der Waals surface area contributed by atoms with E-state index in [0.717, 1.165) is 37.2 Å². The third kappa shape index (κ3) is 4.85. The number of hydrazine groups is 1. The summed E-state index contributed by atoms with van der Waals surface area (Å²) in [4.78, 5) is 27.2. The lowest BCUT2D eigenvalue weighted by atomic mass is 10.2. The molecule has 1 aromatic rings. The van der Waals surface area contributed by atoms with Gasteiger partial charge in [-0.3, -0.25) is 15.5 Å². The Labute approximate surface area is 130 Å². The number of aromatic nitrogens is 1. The molecule has 3 amide bonds. The molecular weight excluding hydrogens is 282 g/mol. The maximum Gasteiger partial charge on any atom is 0.324 e. The molecule has 0 bridgehead atoms. The number of aromatic amines is 1. The van der Waals surface area contributed by atoms with E-state index in [2.05, 4.69) is 40.2 Å². The summed E-state index contributed by atoms with van der Waals surface area (Å²) in [5, 5.41) is 2.28. The van der Waals surface area contributed by atoms with E-state index < -0.39 is 0 Å². The zero-order chi connectivity index (χ0) is 15.9. The van der Waals surface area contributed by atoms with Crippen LogP contribution in [0, 0.1) is 6.92 Å². The molecule has 0 saturated carbocycles. The number of hydrogen-bond donors (Lipinski definition) is 4. The highest BCUT2D eigenvalue weighted by Crippen LogP contribution is 2.10. The number of nitrogens with one attached hydrogen (secondary N) is 4. The Bertz CT molecular complexity index is 514. The van der Waals surface area contributed by atoms with Crippen LogP contribution >= 0.6 is 0 Å². The zero-order valence-corrected chi connectivity index (χ0v) is 13.2. The van der Waals surface area contributed by atoms with Crippen LogP contribution < -0.4 is 16.2 Å². The third-order valence-electron chi connectivity index (χ3n) is 3.74. The molecular formula is C15H25N5O2. The number of carbonyl (C=O) groups excluding carboxylic acids is 2. The standard InChI is InChI=1S/C15H25N5O2/c1-11-6-7-13(17-11)12(2)19-16-8-4-3-5-9-20-10-14(21)18-15(20)22/h6-7,12,16-17,19H,3-5,8-10H2,1-2H3,(H,18,21,22). The summed E-state index contributed by atoms with van der Waals surface area (Å²) in [6.45, 7) is 5.85. The minimum absolute atomic E-state index is 0.200. The van der Waals surface area contributed by atoms with Gasteiger partial charge in [-0.25, -0.2) is 10.2 Å². The second kappa shape index (κ2) is 7.95. The van der Waals surface area contributed by atoms with E-state index in [9.17, 15) is 9.59 Å². The minimum atomic E-state index is -0.264. The third-order valence-corrected chi connectivity index (χ3v) is 3.74. The van der Waals surface area contributed by atoms with Gasteiger partial charge in [0.1, 0.15) is 6.54 Å². The molecule has 0 radical (unpaired) electrons. The Morgan fingerprint density at radius 3 is 2.73 bits per heavy atom. The number of H-pyrrole nitrogens is 1. The van der Waals surface area contributed by atoms with Crippen LogP contribution in [0.5, 0.6) is 0 Å². The van der Waals surface area contributed by atoms with E-state index in [1.165, 1.54) is 0 Å². The van der Waals surface area contributed by atoms with Crippen molar-refractivity contribution in [3.63, 3.8) is 0 Å². The monoisotopic (exact) mass is 307 g/mol. The first-order valence-electron chi connectivity index (χ1n) is 7.79. The molecule has 1 aromatic heterocycles. The molecule has 0 aromatic carbocycles.